The molecule has 0 aromatic carbocycles. The van der Waals surface area contributed by atoms with Gasteiger partial charge in [0.05, 0.1) is 12.2 Å². The fourth-order valence-electron chi connectivity index (χ4n) is 3.46. The molecule has 0 radical (unpaired) electrons. The summed E-state index contributed by atoms with van der Waals surface area (Å²) in [6.45, 7) is 4.45. The van der Waals surface area contributed by atoms with E-state index in [2.05, 4.69) is 25.0 Å². The molecule has 1 fully saturated rings. The van der Waals surface area contributed by atoms with E-state index >= 15 is 0 Å². The van der Waals surface area contributed by atoms with Gasteiger partial charge >= 0.3 is 7.60 Å². The quantitative estimate of drug-likeness (QED) is 0.147. The number of nitrogens with zero attached hydrogens (tertiary/aromatic N) is 7. The maximum Gasteiger partial charge on any atom is 0.359 e. The van der Waals surface area contributed by atoms with Gasteiger partial charge in [-0.2, -0.15) is 0 Å². The van der Waals surface area contributed by atoms with Gasteiger partial charge in [0.2, 0.25) is 5.95 Å². The lowest BCUT2D eigenvalue weighted by Gasteiger charge is -2.31. The standard InChI is InChI=1S/C17H27N8O7P/c1-4-8(32-33(29,30)17(3,28)5-2)6-9-11(26)12(27)15(31-9)25-14-10(13(18)20-7-21-14)22-16(25)23-24-19/h7-9,11-12,15,26-28H,4-6H2,1-3H3,(H,29,30)(H2,18,20,21)/t8?,9-,11-,12-,15-,17?/m1/s1. The second kappa shape index (κ2) is 9.49. The first kappa shape index (κ1) is 25.3. The lowest BCUT2D eigenvalue weighted by atomic mass is 10.0. The van der Waals surface area contributed by atoms with Crippen LogP contribution >= 0.6 is 7.60 Å². The molecule has 1 saturated heterocycles. The van der Waals surface area contributed by atoms with Gasteiger partial charge in [-0.05, 0) is 30.4 Å². The molecule has 3 rings (SSSR count). The van der Waals surface area contributed by atoms with Crippen LogP contribution in [0.1, 0.15) is 46.3 Å². The van der Waals surface area contributed by atoms with Gasteiger partial charge in [0, 0.05) is 11.3 Å². The lowest BCUT2D eigenvalue weighted by molar-refractivity contribution is -0.0481. The number of rotatable bonds is 9. The fraction of sp³-hybridized carbons (Fsp3) is 0.706. The molecule has 182 valence electrons. The Labute approximate surface area is 188 Å². The number of ether oxygens (including phenoxy) is 1. The molecule has 2 aromatic heterocycles. The molecule has 2 aromatic rings. The molecule has 1 aliphatic rings. The molecule has 6 N–H and O–H groups in total. The maximum absolute atomic E-state index is 12.5. The van der Waals surface area contributed by atoms with Crippen LogP contribution in [0, 0.1) is 0 Å². The highest BCUT2D eigenvalue weighted by atomic mass is 31.2. The highest BCUT2D eigenvalue weighted by Gasteiger charge is 2.48. The summed E-state index contributed by atoms with van der Waals surface area (Å²) >= 11 is 0. The summed E-state index contributed by atoms with van der Waals surface area (Å²) in [5.41, 5.74) is 14.9. The summed E-state index contributed by atoms with van der Waals surface area (Å²) in [7, 11) is -4.42. The molecule has 0 bridgehead atoms. The number of nitrogens with two attached hydrogens (primary N) is 1. The topological polar surface area (TPSA) is 235 Å². The molecular formula is C17H27N8O7P. The van der Waals surface area contributed by atoms with E-state index in [0.717, 1.165) is 6.33 Å². The van der Waals surface area contributed by atoms with Crippen molar-refractivity contribution >= 4 is 30.5 Å². The molecule has 0 saturated carbocycles. The third-order valence-corrected chi connectivity index (χ3v) is 7.85. The van der Waals surface area contributed by atoms with Crippen molar-refractivity contribution < 1.29 is 34.0 Å². The summed E-state index contributed by atoms with van der Waals surface area (Å²) in [5, 5.41) is 33.0. The number of imidazole rings is 1. The van der Waals surface area contributed by atoms with Crippen molar-refractivity contribution in [3.05, 3.63) is 16.8 Å². The molecule has 33 heavy (non-hydrogen) atoms. The molecule has 0 spiro atoms. The number of hydrogen-bond donors (Lipinski definition) is 5. The number of hydrogen-bond acceptors (Lipinski definition) is 11. The highest BCUT2D eigenvalue weighted by Crippen LogP contribution is 2.57. The van der Waals surface area contributed by atoms with Crippen LogP contribution in [0.25, 0.3) is 21.6 Å². The Bertz CT molecular complexity index is 1100. The van der Waals surface area contributed by atoms with Crippen molar-refractivity contribution in [2.24, 2.45) is 5.11 Å². The number of aromatic nitrogens is 4. The zero-order chi connectivity index (χ0) is 24.6. The van der Waals surface area contributed by atoms with Crippen molar-refractivity contribution in [2.75, 3.05) is 5.73 Å². The fourth-order valence-corrected chi connectivity index (χ4v) is 4.72. The van der Waals surface area contributed by atoms with Gasteiger partial charge in [-0.1, -0.05) is 13.8 Å². The van der Waals surface area contributed by atoms with Crippen LogP contribution in [-0.2, 0) is 13.8 Å². The van der Waals surface area contributed by atoms with Crippen molar-refractivity contribution in [1.82, 2.24) is 19.5 Å². The monoisotopic (exact) mass is 486 g/mol. The van der Waals surface area contributed by atoms with Gasteiger partial charge in [-0.3, -0.25) is 9.13 Å². The number of anilines is 1. The summed E-state index contributed by atoms with van der Waals surface area (Å²) < 4.78 is 24.9. The van der Waals surface area contributed by atoms with Crippen molar-refractivity contribution in [3.8, 4) is 0 Å². The van der Waals surface area contributed by atoms with Gasteiger partial charge < -0.3 is 35.2 Å². The molecule has 16 heteroatoms. The second-order valence-corrected chi connectivity index (χ2v) is 10.1. The van der Waals surface area contributed by atoms with E-state index in [0.29, 0.717) is 0 Å². The van der Waals surface area contributed by atoms with Gasteiger partial charge in [-0.25, -0.2) is 15.0 Å². The van der Waals surface area contributed by atoms with Crippen LogP contribution in [0.4, 0.5) is 11.8 Å². The molecule has 7 atom stereocenters. The van der Waals surface area contributed by atoms with E-state index in [1.807, 2.05) is 0 Å². The summed E-state index contributed by atoms with van der Waals surface area (Å²) in [5.74, 6) is -0.197. The number of aliphatic hydroxyl groups excluding tert-OH is 2. The number of azide groups is 1. The first-order valence-electron chi connectivity index (χ1n) is 10.3. The predicted molar refractivity (Wildman–Crippen MR) is 115 cm³/mol. The van der Waals surface area contributed by atoms with Crippen LogP contribution in [0.3, 0.4) is 0 Å². The Kier molecular flexibility index (Phi) is 7.27. The minimum Gasteiger partial charge on any atom is -0.388 e. The Morgan fingerprint density at radius 3 is 2.73 bits per heavy atom. The van der Waals surface area contributed by atoms with Crippen LogP contribution in [0.2, 0.25) is 0 Å². The average Bonchev–Trinajstić information content (AvgIpc) is 3.26. The van der Waals surface area contributed by atoms with E-state index in [1.165, 1.54) is 11.5 Å². The molecule has 0 aliphatic carbocycles. The first-order valence-corrected chi connectivity index (χ1v) is 11.8. The van der Waals surface area contributed by atoms with Crippen molar-refractivity contribution in [2.45, 2.75) is 76.0 Å². The van der Waals surface area contributed by atoms with E-state index in [4.69, 9.17) is 20.5 Å². The summed E-state index contributed by atoms with van der Waals surface area (Å²) in [6, 6.07) is 0. The zero-order valence-electron chi connectivity index (χ0n) is 18.3. The zero-order valence-corrected chi connectivity index (χ0v) is 19.1. The van der Waals surface area contributed by atoms with E-state index < -0.39 is 43.6 Å². The van der Waals surface area contributed by atoms with Gasteiger partial charge in [0.25, 0.3) is 0 Å². The number of aliphatic hydroxyl groups is 3. The first-order chi connectivity index (χ1) is 15.5. The SMILES string of the molecule is CCC(C[C@H]1O[C@@H](n2c(N=[N+]=[N-])nc3c(N)ncnc32)[C@H](O)[C@@H]1O)OP(=O)(O)C(C)(O)CC. The van der Waals surface area contributed by atoms with Gasteiger partial charge in [-0.15, -0.1) is 0 Å². The maximum atomic E-state index is 12.5. The van der Waals surface area contributed by atoms with E-state index in [9.17, 15) is 24.8 Å². The van der Waals surface area contributed by atoms with Crippen LogP contribution in [-0.4, -0.2) is 69.5 Å². The minimum absolute atomic E-state index is 0.0125. The normalized spacial score (nSPS) is 27.6. The van der Waals surface area contributed by atoms with Crippen LogP contribution in [0.5, 0.6) is 0 Å². The Morgan fingerprint density at radius 2 is 2.12 bits per heavy atom. The third-order valence-electron chi connectivity index (χ3n) is 5.73. The molecule has 3 heterocycles. The van der Waals surface area contributed by atoms with Gasteiger partial charge in [0.15, 0.2) is 28.6 Å². The number of fused-ring (bicyclic) bond motifs is 1. The molecule has 1 aliphatic heterocycles. The Balaban J connectivity index is 1.89. The Morgan fingerprint density at radius 1 is 1.42 bits per heavy atom. The number of nitrogen functional groups attached to an aromatic ring is 1. The van der Waals surface area contributed by atoms with Crippen LogP contribution in [0.15, 0.2) is 11.4 Å². The summed E-state index contributed by atoms with van der Waals surface area (Å²) in [6.07, 6.45) is -4.75. The molecule has 15 nitrogen and oxygen atoms in total. The smallest absolute Gasteiger partial charge is 0.359 e. The minimum atomic E-state index is -4.42. The van der Waals surface area contributed by atoms with E-state index in [1.54, 1.807) is 13.8 Å². The van der Waals surface area contributed by atoms with E-state index in [-0.39, 0.29) is 42.2 Å². The highest BCUT2D eigenvalue weighted by molar-refractivity contribution is 7.54. The van der Waals surface area contributed by atoms with Crippen molar-refractivity contribution in [3.63, 3.8) is 0 Å². The molecule has 0 amide bonds. The molecule has 3 unspecified atom stereocenters. The van der Waals surface area contributed by atoms with Crippen molar-refractivity contribution in [1.29, 1.82) is 0 Å². The average molecular weight is 486 g/mol. The largest absolute Gasteiger partial charge is 0.388 e. The summed E-state index contributed by atoms with van der Waals surface area (Å²) in [4.78, 5) is 24.9. The lowest BCUT2D eigenvalue weighted by Crippen LogP contribution is -2.34. The second-order valence-electron chi connectivity index (χ2n) is 7.91. The Hall–Kier alpha value is -2.35. The third kappa shape index (κ3) is 4.67. The predicted octanol–water partition coefficient (Wildman–Crippen LogP) is 1.46. The van der Waals surface area contributed by atoms with Gasteiger partial charge in [0.1, 0.15) is 18.5 Å². The van der Waals surface area contributed by atoms with Crippen LogP contribution < -0.4 is 5.73 Å². The molecular weight excluding hydrogens is 459 g/mol.